The van der Waals surface area contributed by atoms with E-state index in [0.717, 1.165) is 21.9 Å². The molecular formula is C17H13N3OS2. The van der Waals surface area contributed by atoms with E-state index in [1.807, 2.05) is 24.3 Å². The summed E-state index contributed by atoms with van der Waals surface area (Å²) in [4.78, 5) is 11.0. The molecule has 0 aliphatic rings. The molecule has 0 aliphatic heterocycles. The van der Waals surface area contributed by atoms with E-state index in [1.165, 1.54) is 4.88 Å². The number of thiophene rings is 1. The van der Waals surface area contributed by atoms with E-state index in [-0.39, 0.29) is 0 Å². The number of thiazole rings is 1. The third-order valence-corrected chi connectivity index (χ3v) is 5.09. The van der Waals surface area contributed by atoms with Crippen molar-refractivity contribution in [1.82, 2.24) is 9.55 Å². The summed E-state index contributed by atoms with van der Waals surface area (Å²) in [6.07, 6.45) is 5.22. The number of rotatable bonds is 4. The number of aromatic nitrogens is 2. The summed E-state index contributed by atoms with van der Waals surface area (Å²) < 4.78 is 7.70. The van der Waals surface area contributed by atoms with Crippen LogP contribution in [0.3, 0.4) is 0 Å². The molecular weight excluding hydrogens is 326 g/mol. The Bertz CT molecular complexity index is 936. The van der Waals surface area contributed by atoms with Crippen LogP contribution in [0.4, 0.5) is 5.69 Å². The molecule has 4 aromatic heterocycles. The average Bonchev–Trinajstić information content (AvgIpc) is 3.32. The zero-order valence-corrected chi connectivity index (χ0v) is 13.8. The van der Waals surface area contributed by atoms with Crippen molar-refractivity contribution in [2.45, 2.75) is 6.54 Å². The van der Waals surface area contributed by atoms with E-state index in [9.17, 15) is 0 Å². The fourth-order valence-electron chi connectivity index (χ4n) is 2.28. The monoisotopic (exact) mass is 339 g/mol. The fourth-order valence-corrected chi connectivity index (χ4v) is 4.03. The minimum Gasteiger partial charge on any atom is -0.467 e. The van der Waals surface area contributed by atoms with Crippen LogP contribution >= 0.6 is 22.7 Å². The van der Waals surface area contributed by atoms with E-state index in [4.69, 9.17) is 9.41 Å². The predicted octanol–water partition coefficient (Wildman–Crippen LogP) is 4.55. The topological polar surface area (TPSA) is 43.3 Å². The molecule has 23 heavy (non-hydrogen) atoms. The number of hydrogen-bond donors (Lipinski definition) is 0. The average molecular weight is 339 g/mol. The van der Waals surface area contributed by atoms with Gasteiger partial charge in [-0.15, -0.1) is 22.7 Å². The van der Waals surface area contributed by atoms with Gasteiger partial charge in [0.2, 0.25) is 0 Å². The van der Waals surface area contributed by atoms with Crippen molar-refractivity contribution in [1.29, 1.82) is 0 Å². The molecule has 0 saturated heterocycles. The predicted molar refractivity (Wildman–Crippen MR) is 92.9 cm³/mol. The highest BCUT2D eigenvalue weighted by molar-refractivity contribution is 7.14. The van der Waals surface area contributed by atoms with Crippen molar-refractivity contribution >= 4 is 28.4 Å². The van der Waals surface area contributed by atoms with E-state index in [0.29, 0.717) is 6.54 Å². The van der Waals surface area contributed by atoms with Crippen molar-refractivity contribution in [3.8, 4) is 10.6 Å². The summed E-state index contributed by atoms with van der Waals surface area (Å²) in [5.74, 6) is 0.911. The molecule has 4 rings (SSSR count). The minimum absolute atomic E-state index is 0.656. The molecule has 0 aliphatic carbocycles. The van der Waals surface area contributed by atoms with Crippen molar-refractivity contribution in [3.63, 3.8) is 0 Å². The Balaban J connectivity index is 1.84. The fraction of sp³-hybridized carbons (Fsp3) is 0.0588. The van der Waals surface area contributed by atoms with E-state index < -0.39 is 0 Å². The van der Waals surface area contributed by atoms with E-state index >= 15 is 0 Å². The Hall–Kier alpha value is -2.44. The van der Waals surface area contributed by atoms with Gasteiger partial charge < -0.3 is 8.98 Å². The quantitative estimate of drug-likeness (QED) is 0.547. The molecule has 0 N–H and O–H groups in total. The summed E-state index contributed by atoms with van der Waals surface area (Å²) in [5.41, 5.74) is 2.00. The molecule has 4 heterocycles. The molecule has 6 heteroatoms. The van der Waals surface area contributed by atoms with Crippen LogP contribution in [0, 0.1) is 0 Å². The third-order valence-electron chi connectivity index (χ3n) is 3.34. The number of pyridine rings is 1. The zero-order chi connectivity index (χ0) is 15.5. The molecule has 0 saturated carbocycles. The van der Waals surface area contributed by atoms with Gasteiger partial charge in [-0.25, -0.2) is 4.99 Å². The largest absolute Gasteiger partial charge is 0.467 e. The van der Waals surface area contributed by atoms with Crippen LogP contribution in [-0.2, 0) is 6.54 Å². The van der Waals surface area contributed by atoms with Crippen LogP contribution in [0.15, 0.2) is 75.2 Å². The van der Waals surface area contributed by atoms with Gasteiger partial charge in [0.1, 0.15) is 5.76 Å². The van der Waals surface area contributed by atoms with Crippen LogP contribution < -0.4 is 4.80 Å². The van der Waals surface area contributed by atoms with Gasteiger partial charge >= 0.3 is 0 Å². The smallest absolute Gasteiger partial charge is 0.190 e. The standard InChI is InChI=1S/C17H13N3OS2/c1-4-13(10-18-7-1)19-17-20(11-14-5-2-8-21-14)15(12-23-17)16-6-3-9-22-16/h1-10,12H,11H2. The van der Waals surface area contributed by atoms with Gasteiger partial charge in [0, 0.05) is 11.6 Å². The van der Waals surface area contributed by atoms with Crippen LogP contribution in [0.25, 0.3) is 10.6 Å². The van der Waals surface area contributed by atoms with Gasteiger partial charge in [-0.3, -0.25) is 4.98 Å². The Morgan fingerprint density at radius 2 is 2.13 bits per heavy atom. The molecule has 4 aromatic rings. The summed E-state index contributed by atoms with van der Waals surface area (Å²) in [6.45, 7) is 0.656. The van der Waals surface area contributed by atoms with Gasteiger partial charge in [0.15, 0.2) is 4.80 Å². The molecule has 0 bridgehead atoms. The van der Waals surface area contributed by atoms with Gasteiger partial charge in [-0.2, -0.15) is 0 Å². The number of nitrogens with zero attached hydrogens (tertiary/aromatic N) is 3. The number of furan rings is 1. The second-order valence-electron chi connectivity index (χ2n) is 4.87. The van der Waals surface area contributed by atoms with Gasteiger partial charge in [0.25, 0.3) is 0 Å². The van der Waals surface area contributed by atoms with Crippen LogP contribution in [0.5, 0.6) is 0 Å². The molecule has 4 nitrogen and oxygen atoms in total. The van der Waals surface area contributed by atoms with E-state index in [2.05, 4.69) is 32.4 Å². The Morgan fingerprint density at radius 1 is 1.13 bits per heavy atom. The molecule has 0 aromatic carbocycles. The SMILES string of the molecule is c1cncc(N=c2scc(-c3cccs3)n2Cc2ccco2)c1. The zero-order valence-electron chi connectivity index (χ0n) is 12.1. The maximum Gasteiger partial charge on any atom is 0.190 e. The highest BCUT2D eigenvalue weighted by Gasteiger charge is 2.10. The second-order valence-corrected chi connectivity index (χ2v) is 6.65. The van der Waals surface area contributed by atoms with Crippen molar-refractivity contribution < 1.29 is 4.42 Å². The molecule has 0 atom stereocenters. The first-order chi connectivity index (χ1) is 11.4. The Labute approximate surface area is 141 Å². The van der Waals surface area contributed by atoms with Gasteiger partial charge in [0.05, 0.1) is 35.3 Å². The summed E-state index contributed by atoms with van der Waals surface area (Å²) in [7, 11) is 0. The lowest BCUT2D eigenvalue weighted by Crippen LogP contribution is -2.16. The molecule has 114 valence electrons. The van der Waals surface area contributed by atoms with Crippen LogP contribution in [-0.4, -0.2) is 9.55 Å². The minimum atomic E-state index is 0.656. The summed E-state index contributed by atoms with van der Waals surface area (Å²) >= 11 is 3.35. The van der Waals surface area contributed by atoms with Gasteiger partial charge in [-0.1, -0.05) is 6.07 Å². The molecule has 0 radical (unpaired) electrons. The van der Waals surface area contributed by atoms with Crippen molar-refractivity contribution in [2.75, 3.05) is 0 Å². The maximum absolute atomic E-state index is 5.52. The highest BCUT2D eigenvalue weighted by atomic mass is 32.1. The first kappa shape index (κ1) is 14.2. The normalized spacial score (nSPS) is 11.9. The lowest BCUT2D eigenvalue weighted by molar-refractivity contribution is 0.492. The highest BCUT2D eigenvalue weighted by Crippen LogP contribution is 2.26. The lowest BCUT2D eigenvalue weighted by atomic mass is 10.3. The lowest BCUT2D eigenvalue weighted by Gasteiger charge is -2.05. The van der Waals surface area contributed by atoms with Crippen molar-refractivity contribution in [2.24, 2.45) is 4.99 Å². The van der Waals surface area contributed by atoms with Gasteiger partial charge in [-0.05, 0) is 35.7 Å². The first-order valence-electron chi connectivity index (χ1n) is 7.09. The maximum atomic E-state index is 5.52. The van der Waals surface area contributed by atoms with Crippen LogP contribution in [0.1, 0.15) is 5.76 Å². The molecule has 0 unspecified atom stereocenters. The van der Waals surface area contributed by atoms with Crippen LogP contribution in [0.2, 0.25) is 0 Å². The van der Waals surface area contributed by atoms with E-state index in [1.54, 1.807) is 41.3 Å². The summed E-state index contributed by atoms with van der Waals surface area (Å²) in [5, 5.41) is 4.23. The molecule has 0 amide bonds. The second kappa shape index (κ2) is 6.36. The molecule has 0 spiro atoms. The Kier molecular flexibility index (Phi) is 3.92. The number of hydrogen-bond acceptors (Lipinski definition) is 5. The third kappa shape index (κ3) is 3.04. The first-order valence-corrected chi connectivity index (χ1v) is 8.85. The Morgan fingerprint density at radius 3 is 2.87 bits per heavy atom. The van der Waals surface area contributed by atoms with Crippen molar-refractivity contribution in [3.05, 3.63) is 76.4 Å². The summed E-state index contributed by atoms with van der Waals surface area (Å²) in [6, 6.07) is 11.9. The molecule has 0 fully saturated rings.